The highest BCUT2D eigenvalue weighted by Crippen LogP contribution is 2.41. The molecule has 1 saturated heterocycles. The van der Waals surface area contributed by atoms with Crippen molar-refractivity contribution in [2.24, 2.45) is 0 Å². The molecule has 3 fully saturated rings. The number of rotatable bonds is 5. The lowest BCUT2D eigenvalue weighted by Gasteiger charge is -2.42. The summed E-state index contributed by atoms with van der Waals surface area (Å²) in [4.78, 5) is 52.9. The maximum atomic E-state index is 13.6. The number of anilines is 1. The van der Waals surface area contributed by atoms with Crippen LogP contribution in [0.4, 0.5) is 14.5 Å². The molecule has 11 heteroatoms. The monoisotopic (exact) mass is 518 g/mol. The molecule has 9 nitrogen and oxygen atoms in total. The topological polar surface area (TPSA) is 119 Å². The van der Waals surface area contributed by atoms with E-state index in [9.17, 15) is 33.1 Å². The first-order valence-electron chi connectivity index (χ1n) is 13.0. The number of hydrogen-bond acceptors (Lipinski definition) is 7. The molecule has 2 aliphatic carbocycles. The van der Waals surface area contributed by atoms with Gasteiger partial charge in [-0.25, -0.2) is 8.78 Å². The molecule has 37 heavy (non-hydrogen) atoms. The third kappa shape index (κ3) is 4.69. The van der Waals surface area contributed by atoms with Gasteiger partial charge in [-0.2, -0.15) is 0 Å². The number of fused-ring (bicyclic) bond motifs is 1. The lowest BCUT2D eigenvalue weighted by Crippen LogP contribution is -2.54. The van der Waals surface area contributed by atoms with E-state index >= 15 is 0 Å². The second-order valence-electron chi connectivity index (χ2n) is 10.7. The average molecular weight is 519 g/mol. The molecular formula is C26H32F2N4O5. The Balaban J connectivity index is 1.36. The van der Waals surface area contributed by atoms with Crippen LogP contribution < -0.4 is 15.5 Å². The standard InChI is InChI=1S/C26H32F2N4O5/c1-31(17-5-3-2-4-16(17)29-14-10-12-26(27,28)13-11-14)18-7-6-15-21(22(18)34)25(37)32(24(15)36)19-8-9-20(33)30-23(19)35/h6-7,14,16-17,19,29,34H,2-5,8-13H2,1H3,(H,30,33,35)/t16-,17+,19?/m0/s1. The highest BCUT2D eigenvalue weighted by Gasteiger charge is 2.47. The largest absolute Gasteiger partial charge is 0.505 e. The van der Waals surface area contributed by atoms with Gasteiger partial charge in [0.15, 0.2) is 5.75 Å². The van der Waals surface area contributed by atoms with Crippen molar-refractivity contribution in [2.45, 2.75) is 94.3 Å². The van der Waals surface area contributed by atoms with E-state index in [1.807, 2.05) is 11.9 Å². The number of hydrogen-bond donors (Lipinski definition) is 3. The van der Waals surface area contributed by atoms with Crippen molar-refractivity contribution < 1.29 is 33.1 Å². The smallest absolute Gasteiger partial charge is 0.266 e. The molecule has 0 aromatic heterocycles. The first kappa shape index (κ1) is 25.6. The fourth-order valence-electron chi connectivity index (χ4n) is 6.27. The molecule has 0 radical (unpaired) electrons. The number of aromatic hydroxyl groups is 1. The van der Waals surface area contributed by atoms with Crippen LogP contribution >= 0.6 is 0 Å². The number of imide groups is 2. The molecule has 3 N–H and O–H groups in total. The Bertz CT molecular complexity index is 1130. The highest BCUT2D eigenvalue weighted by atomic mass is 19.3. The van der Waals surface area contributed by atoms with E-state index in [1.165, 1.54) is 6.07 Å². The zero-order valence-electron chi connectivity index (χ0n) is 20.8. The fourth-order valence-corrected chi connectivity index (χ4v) is 6.27. The van der Waals surface area contributed by atoms with Crippen LogP contribution in [0, 0.1) is 0 Å². The van der Waals surface area contributed by atoms with E-state index < -0.39 is 35.6 Å². The molecule has 5 rings (SSSR count). The summed E-state index contributed by atoms with van der Waals surface area (Å²) >= 11 is 0. The van der Waals surface area contributed by atoms with E-state index in [0.717, 1.165) is 30.6 Å². The quantitative estimate of drug-likeness (QED) is 0.513. The highest BCUT2D eigenvalue weighted by molar-refractivity contribution is 6.25. The normalized spacial score (nSPS) is 28.3. The number of halogens is 2. The molecule has 0 spiro atoms. The Hall–Kier alpha value is -3.08. The zero-order valence-corrected chi connectivity index (χ0v) is 20.8. The van der Waals surface area contributed by atoms with Gasteiger partial charge in [0.2, 0.25) is 17.7 Å². The van der Waals surface area contributed by atoms with Crippen molar-refractivity contribution >= 4 is 29.3 Å². The second kappa shape index (κ2) is 9.66. The van der Waals surface area contributed by atoms with Gasteiger partial charge in [-0.1, -0.05) is 12.8 Å². The molecule has 2 aliphatic heterocycles. The van der Waals surface area contributed by atoms with Crippen molar-refractivity contribution in [2.75, 3.05) is 11.9 Å². The van der Waals surface area contributed by atoms with Gasteiger partial charge in [0.1, 0.15) is 6.04 Å². The SMILES string of the molecule is CN(c1ccc2c(c1O)C(=O)N(C1CCC(=O)NC1=O)C2=O)[C@@H]1CCCC[C@@H]1NC1CCC(F)(F)CC1. The number of carbonyl (C=O) groups is 4. The molecule has 200 valence electrons. The summed E-state index contributed by atoms with van der Waals surface area (Å²) in [6.07, 6.45) is 4.30. The van der Waals surface area contributed by atoms with Crippen LogP contribution in [0.3, 0.4) is 0 Å². The summed E-state index contributed by atoms with van der Waals surface area (Å²) in [5.74, 6) is -5.52. The van der Waals surface area contributed by atoms with Gasteiger partial charge in [0.25, 0.3) is 11.8 Å². The molecule has 4 amide bonds. The summed E-state index contributed by atoms with van der Waals surface area (Å²) in [5.41, 5.74) is 0.263. The van der Waals surface area contributed by atoms with Gasteiger partial charge < -0.3 is 15.3 Å². The number of nitrogens with zero attached hydrogens (tertiary/aromatic N) is 2. The van der Waals surface area contributed by atoms with Gasteiger partial charge in [-0.15, -0.1) is 0 Å². The summed E-state index contributed by atoms with van der Waals surface area (Å²) in [5, 5.41) is 16.9. The predicted molar refractivity (Wildman–Crippen MR) is 130 cm³/mol. The van der Waals surface area contributed by atoms with Crippen LogP contribution in [0.1, 0.15) is 84.9 Å². The summed E-state index contributed by atoms with van der Waals surface area (Å²) in [6.45, 7) is 0. The number of phenolic OH excluding ortho intramolecular Hbond substituents is 1. The van der Waals surface area contributed by atoms with E-state index in [2.05, 4.69) is 10.6 Å². The Morgan fingerprint density at radius 3 is 2.43 bits per heavy atom. The Labute approximate surface area is 213 Å². The third-order valence-electron chi connectivity index (χ3n) is 8.33. The molecule has 0 bridgehead atoms. The number of amides is 4. The third-order valence-corrected chi connectivity index (χ3v) is 8.33. The number of likely N-dealkylation sites (N-methyl/N-ethyl adjacent to an activating group) is 1. The predicted octanol–water partition coefficient (Wildman–Crippen LogP) is 2.71. The van der Waals surface area contributed by atoms with Crippen LogP contribution in [0.15, 0.2) is 12.1 Å². The van der Waals surface area contributed by atoms with E-state index in [4.69, 9.17) is 0 Å². The van der Waals surface area contributed by atoms with Crippen LogP contribution in [-0.4, -0.2) is 70.8 Å². The van der Waals surface area contributed by atoms with Crippen LogP contribution in [0.5, 0.6) is 5.75 Å². The van der Waals surface area contributed by atoms with Crippen LogP contribution in [0.2, 0.25) is 0 Å². The average Bonchev–Trinajstić information content (AvgIpc) is 3.11. The minimum Gasteiger partial charge on any atom is -0.505 e. The molecule has 1 unspecified atom stereocenters. The van der Waals surface area contributed by atoms with Crippen molar-refractivity contribution in [3.05, 3.63) is 23.3 Å². The number of alkyl halides is 2. The molecule has 3 atom stereocenters. The first-order valence-corrected chi connectivity index (χ1v) is 13.0. The number of phenols is 1. The number of nitrogens with one attached hydrogen (secondary N) is 2. The van der Waals surface area contributed by atoms with Crippen molar-refractivity contribution in [1.82, 2.24) is 15.5 Å². The Kier molecular flexibility index (Phi) is 6.68. The number of piperidine rings is 1. The number of carbonyl (C=O) groups excluding carboxylic acids is 4. The Morgan fingerprint density at radius 2 is 1.73 bits per heavy atom. The van der Waals surface area contributed by atoms with Gasteiger partial charge in [0, 0.05) is 44.4 Å². The lowest BCUT2D eigenvalue weighted by atomic mass is 9.86. The molecule has 1 aromatic rings. The van der Waals surface area contributed by atoms with Gasteiger partial charge >= 0.3 is 0 Å². The van der Waals surface area contributed by atoms with E-state index in [-0.39, 0.29) is 60.7 Å². The van der Waals surface area contributed by atoms with Gasteiger partial charge in [-0.05, 0) is 44.2 Å². The fraction of sp³-hybridized carbons (Fsp3) is 0.615. The molecule has 1 aromatic carbocycles. The lowest BCUT2D eigenvalue weighted by molar-refractivity contribution is -0.136. The number of benzene rings is 1. The summed E-state index contributed by atoms with van der Waals surface area (Å²) < 4.78 is 27.2. The summed E-state index contributed by atoms with van der Waals surface area (Å²) in [7, 11) is 1.82. The van der Waals surface area contributed by atoms with Crippen LogP contribution in [-0.2, 0) is 9.59 Å². The van der Waals surface area contributed by atoms with Crippen LogP contribution in [0.25, 0.3) is 0 Å². The molecule has 2 saturated carbocycles. The molecule has 2 heterocycles. The minimum absolute atomic E-state index is 0.00789. The van der Waals surface area contributed by atoms with E-state index in [0.29, 0.717) is 18.5 Å². The molecular weight excluding hydrogens is 486 g/mol. The van der Waals surface area contributed by atoms with Gasteiger partial charge in [0.05, 0.1) is 16.8 Å². The van der Waals surface area contributed by atoms with E-state index in [1.54, 1.807) is 6.07 Å². The maximum absolute atomic E-state index is 13.6. The maximum Gasteiger partial charge on any atom is 0.266 e. The van der Waals surface area contributed by atoms with Gasteiger partial charge in [-0.3, -0.25) is 29.4 Å². The second-order valence-corrected chi connectivity index (χ2v) is 10.7. The Morgan fingerprint density at radius 1 is 1.03 bits per heavy atom. The van der Waals surface area contributed by atoms with Crippen molar-refractivity contribution in [3.8, 4) is 5.75 Å². The summed E-state index contributed by atoms with van der Waals surface area (Å²) in [6, 6.07) is 1.97. The zero-order chi connectivity index (χ0) is 26.5. The molecule has 4 aliphatic rings. The van der Waals surface area contributed by atoms with Crippen molar-refractivity contribution in [3.63, 3.8) is 0 Å². The first-order chi connectivity index (χ1) is 17.6. The minimum atomic E-state index is -2.59. The van der Waals surface area contributed by atoms with Crippen molar-refractivity contribution in [1.29, 1.82) is 0 Å².